The number of nitrogens with one attached hydrogen (secondary N) is 2. The van der Waals surface area contributed by atoms with Crippen molar-refractivity contribution in [2.75, 3.05) is 7.05 Å². The number of furan rings is 1. The van der Waals surface area contributed by atoms with E-state index in [0.717, 1.165) is 4.90 Å². The molecule has 1 unspecified atom stereocenters. The van der Waals surface area contributed by atoms with E-state index in [1.165, 1.54) is 31.5 Å². The maximum atomic E-state index is 12.9. The smallest absolute Gasteiger partial charge is 0.339 e. The number of nitrogens with zero attached hydrogens (tertiary/aromatic N) is 1. The monoisotopic (exact) mass is 461 g/mol. The molecule has 34 heavy (non-hydrogen) atoms. The molecule has 1 aliphatic rings. The lowest BCUT2D eigenvalue weighted by Gasteiger charge is -2.17. The Bertz CT molecular complexity index is 1270. The molecular weight excluding hydrogens is 442 g/mol. The number of hydrogen-bond donors (Lipinski definition) is 2. The van der Waals surface area contributed by atoms with Crippen LogP contribution in [-0.2, 0) is 16.1 Å². The maximum Gasteiger partial charge on any atom is 0.339 e. The highest BCUT2D eigenvalue weighted by Gasteiger charge is 2.37. The van der Waals surface area contributed by atoms with Crippen molar-refractivity contribution in [3.8, 4) is 0 Å². The number of amides is 5. The number of benzene rings is 2. The molecule has 1 atom stereocenters. The summed E-state index contributed by atoms with van der Waals surface area (Å²) in [7, 11) is 1.34. The van der Waals surface area contributed by atoms with E-state index in [1.807, 2.05) is 0 Å². The number of carbonyl (C=O) groups is 5. The third-order valence-electron chi connectivity index (χ3n) is 5.13. The summed E-state index contributed by atoms with van der Waals surface area (Å²) in [5, 5.41) is 4.34. The zero-order valence-electron chi connectivity index (χ0n) is 17.9. The second kappa shape index (κ2) is 9.41. The number of esters is 1. The Kier molecular flexibility index (Phi) is 6.22. The molecule has 0 radical (unpaired) electrons. The molecule has 2 aromatic carbocycles. The van der Waals surface area contributed by atoms with Crippen molar-refractivity contribution in [1.82, 2.24) is 15.5 Å². The molecule has 10 heteroatoms. The summed E-state index contributed by atoms with van der Waals surface area (Å²) in [6.45, 7) is -0.0468. The van der Waals surface area contributed by atoms with Crippen LogP contribution < -0.4 is 10.6 Å². The molecule has 172 valence electrons. The fraction of sp³-hybridized carbons (Fsp3) is 0.125. The Balaban J connectivity index is 1.57. The summed E-state index contributed by atoms with van der Waals surface area (Å²) in [4.78, 5) is 63.6. The van der Waals surface area contributed by atoms with E-state index in [4.69, 9.17) is 9.15 Å². The minimum absolute atomic E-state index is 0.0339. The molecule has 0 aliphatic carbocycles. The number of rotatable bonds is 6. The second-order valence-corrected chi connectivity index (χ2v) is 7.30. The molecule has 5 amide bonds. The van der Waals surface area contributed by atoms with E-state index < -0.39 is 35.8 Å². The number of carbonyl (C=O) groups excluding carboxylic acids is 5. The molecule has 10 nitrogen and oxygen atoms in total. The van der Waals surface area contributed by atoms with Crippen LogP contribution in [0.3, 0.4) is 0 Å². The van der Waals surface area contributed by atoms with Gasteiger partial charge in [-0.05, 0) is 30.3 Å². The normalized spacial score (nSPS) is 13.3. The second-order valence-electron chi connectivity index (χ2n) is 7.30. The van der Waals surface area contributed by atoms with Gasteiger partial charge in [0.2, 0.25) is 6.10 Å². The van der Waals surface area contributed by atoms with Gasteiger partial charge in [0.05, 0.1) is 29.5 Å². The van der Waals surface area contributed by atoms with Crippen LogP contribution in [0, 0.1) is 0 Å². The standard InChI is InChI=1S/C24H19N3O7/c1-25-24(32)26-20(28)19(14-6-3-2-4-7-14)34-23(31)15-9-10-17-18(12-15)22(30)27(21(17)29)13-16-8-5-11-33-16/h2-12,19H,13H2,1H3,(H2,25,26,28,32). The highest BCUT2D eigenvalue weighted by Crippen LogP contribution is 2.27. The average molecular weight is 461 g/mol. The van der Waals surface area contributed by atoms with Gasteiger partial charge in [-0.15, -0.1) is 0 Å². The van der Waals surface area contributed by atoms with Crippen LogP contribution in [0.4, 0.5) is 4.79 Å². The third kappa shape index (κ3) is 4.42. The molecule has 0 fully saturated rings. The van der Waals surface area contributed by atoms with Crippen molar-refractivity contribution in [2.45, 2.75) is 12.6 Å². The van der Waals surface area contributed by atoms with Gasteiger partial charge in [0.25, 0.3) is 17.7 Å². The van der Waals surface area contributed by atoms with Crippen LogP contribution in [0.25, 0.3) is 0 Å². The van der Waals surface area contributed by atoms with Crippen LogP contribution in [0.5, 0.6) is 0 Å². The van der Waals surface area contributed by atoms with E-state index in [0.29, 0.717) is 11.3 Å². The lowest BCUT2D eigenvalue weighted by molar-refractivity contribution is -0.129. The first-order valence-corrected chi connectivity index (χ1v) is 10.2. The molecule has 4 rings (SSSR count). The van der Waals surface area contributed by atoms with Gasteiger partial charge in [-0.3, -0.25) is 24.6 Å². The third-order valence-corrected chi connectivity index (χ3v) is 5.13. The molecule has 1 aliphatic heterocycles. The molecule has 2 heterocycles. The summed E-state index contributed by atoms with van der Waals surface area (Å²) in [6.07, 6.45) is 0.0115. The first-order valence-electron chi connectivity index (χ1n) is 10.2. The average Bonchev–Trinajstić information content (AvgIpc) is 3.45. The van der Waals surface area contributed by atoms with Crippen molar-refractivity contribution in [3.63, 3.8) is 0 Å². The number of fused-ring (bicyclic) bond motifs is 1. The summed E-state index contributed by atoms with van der Waals surface area (Å²) >= 11 is 0. The number of urea groups is 1. The van der Waals surface area contributed by atoms with Gasteiger partial charge in [0, 0.05) is 12.6 Å². The Morgan fingerprint density at radius 2 is 1.71 bits per heavy atom. The van der Waals surface area contributed by atoms with Crippen molar-refractivity contribution in [2.24, 2.45) is 0 Å². The van der Waals surface area contributed by atoms with Crippen LogP contribution in [0.15, 0.2) is 71.3 Å². The topological polar surface area (TPSA) is 135 Å². The first kappa shape index (κ1) is 22.5. The largest absolute Gasteiger partial charge is 0.467 e. The van der Waals surface area contributed by atoms with Gasteiger partial charge < -0.3 is 14.5 Å². The number of imide groups is 2. The molecule has 2 N–H and O–H groups in total. The first-order chi connectivity index (χ1) is 16.4. The predicted molar refractivity (Wildman–Crippen MR) is 117 cm³/mol. The van der Waals surface area contributed by atoms with Crippen molar-refractivity contribution < 1.29 is 33.1 Å². The number of ether oxygens (including phenoxy) is 1. The minimum atomic E-state index is -1.42. The molecule has 0 spiro atoms. The maximum absolute atomic E-state index is 12.9. The van der Waals surface area contributed by atoms with E-state index in [9.17, 15) is 24.0 Å². The predicted octanol–water partition coefficient (Wildman–Crippen LogP) is 2.43. The molecule has 3 aromatic rings. The van der Waals surface area contributed by atoms with Crippen LogP contribution in [0.2, 0.25) is 0 Å². The zero-order valence-corrected chi connectivity index (χ0v) is 17.9. The lowest BCUT2D eigenvalue weighted by atomic mass is 10.1. The minimum Gasteiger partial charge on any atom is -0.467 e. The van der Waals surface area contributed by atoms with Crippen molar-refractivity contribution in [1.29, 1.82) is 0 Å². The Morgan fingerprint density at radius 1 is 0.971 bits per heavy atom. The lowest BCUT2D eigenvalue weighted by Crippen LogP contribution is -2.41. The molecular formula is C24H19N3O7. The summed E-state index contributed by atoms with van der Waals surface area (Å²) in [5.74, 6) is -2.42. The Labute approximate surface area is 193 Å². The van der Waals surface area contributed by atoms with Gasteiger partial charge >= 0.3 is 12.0 Å². The van der Waals surface area contributed by atoms with E-state index in [-0.39, 0.29) is 23.2 Å². The number of hydrogen-bond acceptors (Lipinski definition) is 7. The summed E-state index contributed by atoms with van der Waals surface area (Å²) in [5.41, 5.74) is 0.491. The van der Waals surface area contributed by atoms with E-state index >= 15 is 0 Å². The fourth-order valence-corrected chi connectivity index (χ4v) is 3.44. The van der Waals surface area contributed by atoms with Gasteiger partial charge in [0.1, 0.15) is 5.76 Å². The molecule has 0 bridgehead atoms. The quantitative estimate of drug-likeness (QED) is 0.425. The van der Waals surface area contributed by atoms with Crippen molar-refractivity contribution >= 4 is 29.7 Å². The highest BCUT2D eigenvalue weighted by atomic mass is 16.5. The Morgan fingerprint density at radius 3 is 2.38 bits per heavy atom. The zero-order chi connectivity index (χ0) is 24.2. The summed E-state index contributed by atoms with van der Waals surface area (Å²) in [6, 6.07) is 14.6. The van der Waals surface area contributed by atoms with Crippen LogP contribution in [-0.4, -0.2) is 41.7 Å². The van der Waals surface area contributed by atoms with Gasteiger partial charge in [-0.25, -0.2) is 9.59 Å². The SMILES string of the molecule is CNC(=O)NC(=O)C(OC(=O)c1ccc2c(c1)C(=O)N(Cc1ccco1)C2=O)c1ccccc1. The van der Waals surface area contributed by atoms with Gasteiger partial charge in [-0.1, -0.05) is 30.3 Å². The van der Waals surface area contributed by atoms with Gasteiger partial charge in [0.15, 0.2) is 0 Å². The fourth-order valence-electron chi connectivity index (χ4n) is 3.44. The van der Waals surface area contributed by atoms with Crippen LogP contribution in [0.1, 0.15) is 48.5 Å². The highest BCUT2D eigenvalue weighted by molar-refractivity contribution is 6.21. The molecule has 1 aromatic heterocycles. The van der Waals surface area contributed by atoms with Crippen molar-refractivity contribution in [3.05, 3.63) is 94.9 Å². The van der Waals surface area contributed by atoms with E-state index in [2.05, 4.69) is 10.6 Å². The summed E-state index contributed by atoms with van der Waals surface area (Å²) < 4.78 is 10.6. The molecule has 0 saturated carbocycles. The van der Waals surface area contributed by atoms with Crippen LogP contribution >= 0.6 is 0 Å². The van der Waals surface area contributed by atoms with Gasteiger partial charge in [-0.2, -0.15) is 0 Å². The van der Waals surface area contributed by atoms with E-state index in [1.54, 1.807) is 42.5 Å². The molecule has 0 saturated heterocycles. The Hall–Kier alpha value is -4.73.